The van der Waals surface area contributed by atoms with Gasteiger partial charge in [-0.3, -0.25) is 4.90 Å². The number of nitrogens with one attached hydrogen (secondary N) is 1. The zero-order valence-corrected chi connectivity index (χ0v) is 12.7. The van der Waals surface area contributed by atoms with Crippen molar-refractivity contribution in [3.8, 4) is 0 Å². The fourth-order valence-corrected chi connectivity index (χ4v) is 2.26. The van der Waals surface area contributed by atoms with Crippen molar-refractivity contribution in [2.24, 2.45) is 12.5 Å². The van der Waals surface area contributed by atoms with Gasteiger partial charge >= 0.3 is 0 Å². The van der Waals surface area contributed by atoms with Crippen LogP contribution < -0.4 is 5.32 Å². The highest BCUT2D eigenvalue weighted by atomic mass is 15.2. The van der Waals surface area contributed by atoms with Gasteiger partial charge < -0.3 is 9.88 Å². The van der Waals surface area contributed by atoms with Gasteiger partial charge in [0.25, 0.3) is 0 Å². The molecule has 1 rings (SSSR count). The summed E-state index contributed by atoms with van der Waals surface area (Å²) >= 11 is 0. The summed E-state index contributed by atoms with van der Waals surface area (Å²) in [5.41, 5.74) is 0.246. The summed E-state index contributed by atoms with van der Waals surface area (Å²) in [5, 5.41) is 3.51. The van der Waals surface area contributed by atoms with Gasteiger partial charge in [0.05, 0.1) is 6.54 Å². The number of imidazole rings is 1. The van der Waals surface area contributed by atoms with E-state index in [-0.39, 0.29) is 5.41 Å². The SMILES string of the molecule is CCNC(C)C(C)(C)CN(C)Cc1nccn1C. The maximum atomic E-state index is 4.37. The van der Waals surface area contributed by atoms with Crippen LogP contribution in [0.15, 0.2) is 12.4 Å². The highest BCUT2D eigenvalue weighted by Crippen LogP contribution is 2.22. The van der Waals surface area contributed by atoms with E-state index in [0.717, 1.165) is 25.5 Å². The van der Waals surface area contributed by atoms with Gasteiger partial charge in [0.15, 0.2) is 0 Å². The van der Waals surface area contributed by atoms with E-state index in [4.69, 9.17) is 0 Å². The Kier molecular flexibility index (Phi) is 5.35. The lowest BCUT2D eigenvalue weighted by molar-refractivity contribution is 0.158. The molecular formula is C14H28N4. The minimum atomic E-state index is 0.246. The van der Waals surface area contributed by atoms with Gasteiger partial charge in [-0.25, -0.2) is 4.98 Å². The van der Waals surface area contributed by atoms with Crippen LogP contribution >= 0.6 is 0 Å². The molecule has 1 unspecified atom stereocenters. The Morgan fingerprint density at radius 2 is 2.17 bits per heavy atom. The average Bonchev–Trinajstić information content (AvgIpc) is 2.63. The molecule has 104 valence electrons. The Labute approximate surface area is 111 Å². The van der Waals surface area contributed by atoms with E-state index in [1.54, 1.807) is 0 Å². The molecule has 1 atom stereocenters. The maximum absolute atomic E-state index is 4.37. The van der Waals surface area contributed by atoms with E-state index in [1.807, 2.05) is 19.4 Å². The normalized spacial score (nSPS) is 14.2. The summed E-state index contributed by atoms with van der Waals surface area (Å²) in [5.74, 6) is 1.12. The zero-order chi connectivity index (χ0) is 13.8. The number of hydrogen-bond donors (Lipinski definition) is 1. The van der Waals surface area contributed by atoms with E-state index in [2.05, 4.69) is 54.5 Å². The third-order valence-corrected chi connectivity index (χ3v) is 3.69. The van der Waals surface area contributed by atoms with Crippen LogP contribution in [0.1, 0.15) is 33.5 Å². The molecule has 0 aliphatic heterocycles. The van der Waals surface area contributed by atoms with Crippen molar-refractivity contribution in [2.75, 3.05) is 20.1 Å². The predicted molar refractivity (Wildman–Crippen MR) is 76.5 cm³/mol. The molecule has 0 saturated carbocycles. The first-order chi connectivity index (χ1) is 8.36. The van der Waals surface area contributed by atoms with Gasteiger partial charge in [-0.15, -0.1) is 0 Å². The fraction of sp³-hybridized carbons (Fsp3) is 0.786. The Morgan fingerprint density at radius 3 is 2.67 bits per heavy atom. The summed E-state index contributed by atoms with van der Waals surface area (Å²) in [6.07, 6.45) is 3.85. The average molecular weight is 252 g/mol. The van der Waals surface area contributed by atoms with E-state index in [1.165, 1.54) is 0 Å². The fourth-order valence-electron chi connectivity index (χ4n) is 2.26. The van der Waals surface area contributed by atoms with E-state index in [9.17, 15) is 0 Å². The van der Waals surface area contributed by atoms with Gasteiger partial charge in [-0.2, -0.15) is 0 Å². The first-order valence-corrected chi connectivity index (χ1v) is 6.75. The summed E-state index contributed by atoms with van der Waals surface area (Å²) in [4.78, 5) is 6.72. The Bertz CT molecular complexity index is 356. The van der Waals surface area contributed by atoms with Gasteiger partial charge in [0.2, 0.25) is 0 Å². The number of aryl methyl sites for hydroxylation is 1. The van der Waals surface area contributed by atoms with Crippen molar-refractivity contribution in [1.29, 1.82) is 0 Å². The Hall–Kier alpha value is -0.870. The molecule has 0 aliphatic carbocycles. The topological polar surface area (TPSA) is 33.1 Å². The smallest absolute Gasteiger partial charge is 0.122 e. The highest BCUT2D eigenvalue weighted by Gasteiger charge is 2.26. The molecule has 0 fully saturated rings. The lowest BCUT2D eigenvalue weighted by atomic mass is 9.85. The van der Waals surface area contributed by atoms with Crippen LogP contribution in [0.2, 0.25) is 0 Å². The van der Waals surface area contributed by atoms with Crippen molar-refractivity contribution in [2.45, 2.75) is 40.3 Å². The lowest BCUT2D eigenvalue weighted by Gasteiger charge is -2.36. The highest BCUT2D eigenvalue weighted by molar-refractivity contribution is 4.92. The first-order valence-electron chi connectivity index (χ1n) is 6.75. The van der Waals surface area contributed by atoms with Crippen LogP contribution in [0.3, 0.4) is 0 Å². The summed E-state index contributed by atoms with van der Waals surface area (Å²) in [7, 11) is 4.21. The van der Waals surface area contributed by atoms with Crippen LogP contribution in [0, 0.1) is 5.41 Å². The van der Waals surface area contributed by atoms with E-state index < -0.39 is 0 Å². The number of rotatable bonds is 7. The van der Waals surface area contributed by atoms with Crippen LogP contribution in [0.25, 0.3) is 0 Å². The summed E-state index contributed by atoms with van der Waals surface area (Å²) in [6.45, 7) is 12.0. The van der Waals surface area contributed by atoms with Crippen molar-refractivity contribution in [3.05, 3.63) is 18.2 Å². The van der Waals surface area contributed by atoms with Gasteiger partial charge in [0, 0.05) is 32.0 Å². The van der Waals surface area contributed by atoms with Crippen molar-refractivity contribution in [3.63, 3.8) is 0 Å². The largest absolute Gasteiger partial charge is 0.337 e. The third-order valence-electron chi connectivity index (χ3n) is 3.69. The lowest BCUT2D eigenvalue weighted by Crippen LogP contribution is -2.45. The molecule has 1 aromatic rings. The molecule has 1 heterocycles. The van der Waals surface area contributed by atoms with Crippen molar-refractivity contribution < 1.29 is 0 Å². The molecule has 0 saturated heterocycles. The minimum Gasteiger partial charge on any atom is -0.337 e. The molecular weight excluding hydrogens is 224 g/mol. The molecule has 1 aromatic heterocycles. The molecule has 0 radical (unpaired) electrons. The van der Waals surface area contributed by atoms with Gasteiger partial charge in [0.1, 0.15) is 5.82 Å². The molecule has 1 N–H and O–H groups in total. The van der Waals surface area contributed by atoms with Crippen LogP contribution in [0.4, 0.5) is 0 Å². The molecule has 4 nitrogen and oxygen atoms in total. The standard InChI is InChI=1S/C14H28N4/c1-7-15-12(2)14(3,4)11-17(5)10-13-16-8-9-18(13)6/h8-9,12,15H,7,10-11H2,1-6H3. The van der Waals surface area contributed by atoms with Crippen LogP contribution in [-0.4, -0.2) is 40.6 Å². The third kappa shape index (κ3) is 4.10. The first kappa shape index (κ1) is 15.2. The minimum absolute atomic E-state index is 0.246. The number of aromatic nitrogens is 2. The second-order valence-corrected chi connectivity index (χ2v) is 5.89. The van der Waals surface area contributed by atoms with Crippen molar-refractivity contribution >= 4 is 0 Å². The molecule has 18 heavy (non-hydrogen) atoms. The monoisotopic (exact) mass is 252 g/mol. The second-order valence-electron chi connectivity index (χ2n) is 5.89. The summed E-state index contributed by atoms with van der Waals surface area (Å²) < 4.78 is 2.08. The molecule has 0 spiro atoms. The molecule has 0 amide bonds. The van der Waals surface area contributed by atoms with E-state index in [0.29, 0.717) is 6.04 Å². The molecule has 0 aliphatic rings. The number of hydrogen-bond acceptors (Lipinski definition) is 3. The van der Waals surface area contributed by atoms with Gasteiger partial charge in [-0.1, -0.05) is 20.8 Å². The molecule has 0 aromatic carbocycles. The van der Waals surface area contributed by atoms with Gasteiger partial charge in [-0.05, 0) is 25.9 Å². The quantitative estimate of drug-likeness (QED) is 0.804. The maximum Gasteiger partial charge on any atom is 0.122 e. The van der Waals surface area contributed by atoms with Crippen LogP contribution in [0.5, 0.6) is 0 Å². The molecule has 0 bridgehead atoms. The Balaban J connectivity index is 2.53. The van der Waals surface area contributed by atoms with E-state index >= 15 is 0 Å². The predicted octanol–water partition coefficient (Wildman–Crippen LogP) is 1.88. The zero-order valence-electron chi connectivity index (χ0n) is 12.7. The Morgan fingerprint density at radius 1 is 1.50 bits per heavy atom. The summed E-state index contributed by atoms with van der Waals surface area (Å²) in [6, 6.07) is 0.506. The molecule has 4 heteroatoms. The van der Waals surface area contributed by atoms with Crippen LogP contribution in [-0.2, 0) is 13.6 Å². The number of nitrogens with zero attached hydrogens (tertiary/aromatic N) is 3. The second kappa shape index (κ2) is 6.34. The van der Waals surface area contributed by atoms with Crippen molar-refractivity contribution in [1.82, 2.24) is 19.8 Å².